The Kier molecular flexibility index (Phi) is 5.66. The fourth-order valence-corrected chi connectivity index (χ4v) is 5.93. The molecule has 0 unspecified atom stereocenters. The van der Waals surface area contributed by atoms with Gasteiger partial charge >= 0.3 is 0 Å². The standard InChI is InChI=1S/C22H22N8O2S2/c1-14(2)26-18-10-19(20-4-3-16-9-15(11-23)12-25-30(16)20)24-13-17(18)21-27-28-22(33-21)29-5-7-34(31,32)8-6-29/h3-4,9-10,12-14H,5-8H2,1-2H3,(H,24,26). The van der Waals surface area contributed by atoms with Crippen molar-refractivity contribution >= 4 is 37.5 Å². The fourth-order valence-electron chi connectivity index (χ4n) is 3.81. The lowest BCUT2D eigenvalue weighted by Gasteiger charge is -2.25. The van der Waals surface area contributed by atoms with Crippen LogP contribution in [0.5, 0.6) is 0 Å². The Balaban J connectivity index is 1.50. The van der Waals surface area contributed by atoms with Crippen LogP contribution in [0.15, 0.2) is 36.7 Å². The molecule has 4 aromatic rings. The number of hydrogen-bond donors (Lipinski definition) is 1. The van der Waals surface area contributed by atoms with E-state index in [4.69, 9.17) is 5.26 Å². The molecule has 0 spiro atoms. The van der Waals surface area contributed by atoms with Crippen molar-refractivity contribution in [1.82, 2.24) is 24.8 Å². The molecule has 34 heavy (non-hydrogen) atoms. The highest BCUT2D eigenvalue weighted by atomic mass is 32.2. The Bertz CT molecular complexity index is 1500. The lowest BCUT2D eigenvalue weighted by atomic mass is 10.1. The molecule has 1 saturated heterocycles. The van der Waals surface area contributed by atoms with E-state index in [9.17, 15) is 8.42 Å². The van der Waals surface area contributed by atoms with Crippen LogP contribution in [0, 0.1) is 11.3 Å². The Labute approximate surface area is 200 Å². The predicted octanol–water partition coefficient (Wildman–Crippen LogP) is 2.84. The molecule has 0 aliphatic carbocycles. The van der Waals surface area contributed by atoms with Gasteiger partial charge in [0, 0.05) is 31.0 Å². The zero-order valence-corrected chi connectivity index (χ0v) is 20.3. The van der Waals surface area contributed by atoms with Crippen molar-refractivity contribution in [3.8, 4) is 28.0 Å². The summed E-state index contributed by atoms with van der Waals surface area (Å²) in [6.45, 7) is 4.96. The molecule has 5 heterocycles. The fraction of sp³-hybridized carbons (Fsp3) is 0.318. The van der Waals surface area contributed by atoms with Crippen molar-refractivity contribution in [2.24, 2.45) is 0 Å². The molecule has 174 valence electrons. The van der Waals surface area contributed by atoms with Gasteiger partial charge in [-0.15, -0.1) is 10.2 Å². The third kappa shape index (κ3) is 4.32. The Morgan fingerprint density at radius 1 is 1.15 bits per heavy atom. The normalized spacial score (nSPS) is 15.5. The quantitative estimate of drug-likeness (QED) is 0.445. The minimum atomic E-state index is -2.96. The average molecular weight is 495 g/mol. The molecule has 0 radical (unpaired) electrons. The maximum absolute atomic E-state index is 11.7. The summed E-state index contributed by atoms with van der Waals surface area (Å²) in [5.74, 6) is 0.265. The number of aromatic nitrogens is 5. The van der Waals surface area contributed by atoms with Gasteiger partial charge in [-0.3, -0.25) is 4.98 Å². The molecule has 4 aromatic heterocycles. The Morgan fingerprint density at radius 2 is 1.94 bits per heavy atom. The van der Waals surface area contributed by atoms with Gasteiger partial charge in [-0.2, -0.15) is 10.4 Å². The number of nitrogens with zero attached hydrogens (tertiary/aromatic N) is 7. The maximum atomic E-state index is 11.7. The highest BCUT2D eigenvalue weighted by Gasteiger charge is 2.25. The molecule has 0 atom stereocenters. The molecule has 1 fully saturated rings. The number of anilines is 2. The molecule has 12 heteroatoms. The first-order chi connectivity index (χ1) is 16.3. The highest BCUT2D eigenvalue weighted by Crippen LogP contribution is 2.36. The van der Waals surface area contributed by atoms with Crippen molar-refractivity contribution in [3.05, 3.63) is 42.2 Å². The van der Waals surface area contributed by atoms with E-state index in [1.54, 1.807) is 16.8 Å². The first-order valence-electron chi connectivity index (χ1n) is 10.8. The molecule has 0 saturated carbocycles. The molecule has 0 amide bonds. The van der Waals surface area contributed by atoms with Crippen molar-refractivity contribution in [2.75, 3.05) is 34.8 Å². The summed E-state index contributed by atoms with van der Waals surface area (Å²) in [5, 5.41) is 27.1. The first kappa shape index (κ1) is 22.2. The molecule has 1 N–H and O–H groups in total. The zero-order chi connectivity index (χ0) is 23.9. The van der Waals surface area contributed by atoms with Crippen LogP contribution >= 0.6 is 11.3 Å². The van der Waals surface area contributed by atoms with Gasteiger partial charge in [0.05, 0.1) is 45.7 Å². The van der Waals surface area contributed by atoms with Crippen LogP contribution in [0.4, 0.5) is 10.8 Å². The van der Waals surface area contributed by atoms with Crippen LogP contribution in [-0.4, -0.2) is 63.9 Å². The minimum Gasteiger partial charge on any atom is -0.382 e. The van der Waals surface area contributed by atoms with Crippen molar-refractivity contribution < 1.29 is 8.42 Å². The topological polar surface area (TPSA) is 129 Å². The van der Waals surface area contributed by atoms with Gasteiger partial charge in [0.25, 0.3) is 0 Å². The van der Waals surface area contributed by atoms with Gasteiger partial charge < -0.3 is 10.2 Å². The minimum absolute atomic E-state index is 0.132. The molecule has 0 aromatic carbocycles. The van der Waals surface area contributed by atoms with Crippen molar-refractivity contribution in [3.63, 3.8) is 0 Å². The largest absolute Gasteiger partial charge is 0.382 e. The van der Waals surface area contributed by atoms with E-state index in [0.29, 0.717) is 28.8 Å². The second kappa shape index (κ2) is 8.66. The van der Waals surface area contributed by atoms with Crippen LogP contribution in [0.1, 0.15) is 19.4 Å². The van der Waals surface area contributed by atoms with Crippen LogP contribution in [-0.2, 0) is 9.84 Å². The zero-order valence-electron chi connectivity index (χ0n) is 18.6. The highest BCUT2D eigenvalue weighted by molar-refractivity contribution is 7.91. The van der Waals surface area contributed by atoms with E-state index in [-0.39, 0.29) is 17.5 Å². The number of nitriles is 1. The number of sulfone groups is 1. The molecule has 1 aliphatic rings. The molecule has 1 aliphatic heterocycles. The summed E-state index contributed by atoms with van der Waals surface area (Å²) in [4.78, 5) is 6.64. The van der Waals surface area contributed by atoms with Gasteiger partial charge in [0.15, 0.2) is 14.8 Å². The first-order valence-corrected chi connectivity index (χ1v) is 13.4. The second-order valence-electron chi connectivity index (χ2n) is 8.35. The molecule has 0 bridgehead atoms. The third-order valence-corrected chi connectivity index (χ3v) is 8.13. The summed E-state index contributed by atoms with van der Waals surface area (Å²) in [6, 6.07) is 9.87. The Hall–Kier alpha value is -3.56. The van der Waals surface area contributed by atoms with Gasteiger partial charge in [-0.25, -0.2) is 12.9 Å². The van der Waals surface area contributed by atoms with E-state index in [1.165, 1.54) is 17.5 Å². The number of hydrogen-bond acceptors (Lipinski definition) is 10. The number of rotatable bonds is 5. The third-order valence-electron chi connectivity index (χ3n) is 5.50. The van der Waals surface area contributed by atoms with Gasteiger partial charge in [-0.1, -0.05) is 11.3 Å². The van der Waals surface area contributed by atoms with E-state index < -0.39 is 9.84 Å². The number of nitrogens with one attached hydrogen (secondary N) is 1. The predicted molar refractivity (Wildman–Crippen MR) is 132 cm³/mol. The van der Waals surface area contributed by atoms with E-state index in [2.05, 4.69) is 45.5 Å². The van der Waals surface area contributed by atoms with Gasteiger partial charge in [-0.05, 0) is 38.1 Å². The van der Waals surface area contributed by atoms with Crippen LogP contribution in [0.3, 0.4) is 0 Å². The summed E-state index contributed by atoms with van der Waals surface area (Å²) in [6.07, 6.45) is 3.31. The summed E-state index contributed by atoms with van der Waals surface area (Å²) >= 11 is 1.42. The van der Waals surface area contributed by atoms with Crippen LogP contribution < -0.4 is 10.2 Å². The maximum Gasteiger partial charge on any atom is 0.208 e. The van der Waals surface area contributed by atoms with E-state index >= 15 is 0 Å². The Morgan fingerprint density at radius 3 is 2.68 bits per heavy atom. The van der Waals surface area contributed by atoms with Gasteiger partial charge in [0.1, 0.15) is 6.07 Å². The number of pyridine rings is 1. The number of fused-ring (bicyclic) bond motifs is 1. The molecular formula is C22H22N8O2S2. The summed E-state index contributed by atoms with van der Waals surface area (Å²) in [7, 11) is -2.96. The second-order valence-corrected chi connectivity index (χ2v) is 11.6. The SMILES string of the molecule is CC(C)Nc1cc(-c2ccc3cc(C#N)cnn23)ncc1-c1nnc(N2CCS(=O)(=O)CC2)s1. The lowest BCUT2D eigenvalue weighted by Crippen LogP contribution is -2.40. The van der Waals surface area contributed by atoms with E-state index in [0.717, 1.165) is 28.2 Å². The average Bonchev–Trinajstić information content (AvgIpc) is 3.45. The van der Waals surface area contributed by atoms with Crippen molar-refractivity contribution in [2.45, 2.75) is 19.9 Å². The lowest BCUT2D eigenvalue weighted by molar-refractivity contribution is 0.586. The van der Waals surface area contributed by atoms with E-state index in [1.807, 2.05) is 23.1 Å². The van der Waals surface area contributed by atoms with Crippen LogP contribution in [0.2, 0.25) is 0 Å². The summed E-state index contributed by atoms with van der Waals surface area (Å²) < 4.78 is 25.3. The van der Waals surface area contributed by atoms with Gasteiger partial charge in [0.2, 0.25) is 5.13 Å². The van der Waals surface area contributed by atoms with Crippen molar-refractivity contribution in [1.29, 1.82) is 5.26 Å². The molecular weight excluding hydrogens is 472 g/mol. The molecule has 5 rings (SSSR count). The smallest absolute Gasteiger partial charge is 0.208 e. The monoisotopic (exact) mass is 494 g/mol. The molecule has 10 nitrogen and oxygen atoms in total. The van der Waals surface area contributed by atoms with Crippen LogP contribution in [0.25, 0.3) is 27.5 Å². The summed E-state index contributed by atoms with van der Waals surface area (Å²) in [5.41, 5.74) is 4.55.